The van der Waals surface area contributed by atoms with Gasteiger partial charge in [0, 0.05) is 17.9 Å². The van der Waals surface area contributed by atoms with E-state index in [1.165, 1.54) is 18.2 Å². The number of carbonyl (C=O) groups is 1. The Labute approximate surface area is 127 Å². The topological polar surface area (TPSA) is 112 Å². The fourth-order valence-corrected chi connectivity index (χ4v) is 1.88. The van der Waals surface area contributed by atoms with Crippen LogP contribution in [0.5, 0.6) is 0 Å². The van der Waals surface area contributed by atoms with Crippen molar-refractivity contribution in [2.75, 3.05) is 5.75 Å². The molecule has 0 aliphatic carbocycles. The molecule has 88 valence electrons. The Kier molecular flexibility index (Phi) is 5.15. The number of hydrogen-bond acceptors (Lipinski definition) is 6. The van der Waals surface area contributed by atoms with E-state index in [-0.39, 0.29) is 41.0 Å². The Bertz CT molecular complexity index is 601. The van der Waals surface area contributed by atoms with Gasteiger partial charge in [0.2, 0.25) is 0 Å². The summed E-state index contributed by atoms with van der Waals surface area (Å²) < 4.78 is 0. The molecule has 9 heteroatoms. The van der Waals surface area contributed by atoms with Gasteiger partial charge in [-0.2, -0.15) is 0 Å². The number of nitrogens with zero attached hydrogens (tertiary/aromatic N) is 2. The van der Waals surface area contributed by atoms with Gasteiger partial charge in [0.15, 0.2) is 5.16 Å². The predicted octanol–water partition coefficient (Wildman–Crippen LogP) is -2.68. The summed E-state index contributed by atoms with van der Waals surface area (Å²) in [6, 6.07) is 4.20. The van der Waals surface area contributed by atoms with Crippen LogP contribution in [0.1, 0.15) is 0 Å². The Balaban J connectivity index is 0.00000162. The van der Waals surface area contributed by atoms with E-state index in [1.54, 1.807) is 0 Å². The molecule has 1 heterocycles. The fourth-order valence-electron chi connectivity index (χ4n) is 1.28. The van der Waals surface area contributed by atoms with Gasteiger partial charge in [-0.15, -0.1) is 0 Å². The van der Waals surface area contributed by atoms with Gasteiger partial charge < -0.3 is 14.9 Å². The first-order valence-electron chi connectivity index (χ1n) is 4.53. The van der Waals surface area contributed by atoms with Crippen LogP contribution in [0.15, 0.2) is 23.4 Å². The average molecular weight is 275 g/mol. The molecule has 1 aromatic carbocycles. The van der Waals surface area contributed by atoms with Gasteiger partial charge in [0.1, 0.15) is 0 Å². The molecule has 0 fully saturated rings. The first-order valence-corrected chi connectivity index (χ1v) is 5.51. The monoisotopic (exact) mass is 275 g/mol. The molecule has 7 nitrogen and oxygen atoms in total. The van der Waals surface area contributed by atoms with E-state index < -0.39 is 10.9 Å². The molecule has 18 heavy (non-hydrogen) atoms. The number of imidazole rings is 1. The number of carbonyl (C=O) groups excluding carboxylic acids is 1. The first-order chi connectivity index (χ1) is 8.06. The normalized spacial score (nSPS) is 10.0. The molecule has 0 atom stereocenters. The number of benzene rings is 1. The maximum absolute atomic E-state index is 10.5. The summed E-state index contributed by atoms with van der Waals surface area (Å²) >= 11 is 0.970. The minimum atomic E-state index is -1.19. The number of fused-ring (bicyclic) bond motifs is 1. The van der Waals surface area contributed by atoms with E-state index in [2.05, 4.69) is 9.97 Å². The molecule has 0 amide bonds. The van der Waals surface area contributed by atoms with Crippen LogP contribution in [-0.4, -0.2) is 26.6 Å². The van der Waals surface area contributed by atoms with Crippen LogP contribution in [0.2, 0.25) is 0 Å². The number of rotatable bonds is 4. The summed E-state index contributed by atoms with van der Waals surface area (Å²) in [7, 11) is 0. The van der Waals surface area contributed by atoms with Crippen molar-refractivity contribution >= 4 is 34.5 Å². The number of H-pyrrole nitrogens is 1. The zero-order valence-electron chi connectivity index (χ0n) is 9.37. The van der Waals surface area contributed by atoms with Crippen LogP contribution >= 0.6 is 11.8 Å². The van der Waals surface area contributed by atoms with Crippen molar-refractivity contribution in [3.63, 3.8) is 0 Å². The molecule has 2 rings (SSSR count). The third-order valence-corrected chi connectivity index (χ3v) is 2.83. The maximum atomic E-state index is 10.5. The van der Waals surface area contributed by atoms with Crippen molar-refractivity contribution in [1.29, 1.82) is 0 Å². The number of carboxylic acids is 1. The van der Waals surface area contributed by atoms with Gasteiger partial charge in [-0.25, -0.2) is 4.98 Å². The van der Waals surface area contributed by atoms with Crippen molar-refractivity contribution in [2.24, 2.45) is 0 Å². The summed E-state index contributed by atoms with van der Waals surface area (Å²) in [4.78, 5) is 27.2. The van der Waals surface area contributed by atoms with Gasteiger partial charge >= 0.3 is 29.6 Å². The fraction of sp³-hybridized carbons (Fsp3) is 0.111. The number of thioether (sulfide) groups is 1. The number of hydrogen-bond donors (Lipinski definition) is 1. The third kappa shape index (κ3) is 3.45. The van der Waals surface area contributed by atoms with E-state index in [0.717, 1.165) is 11.8 Å². The molecule has 0 aliphatic rings. The molecule has 2 aromatic rings. The zero-order valence-corrected chi connectivity index (χ0v) is 12.2. The second-order valence-electron chi connectivity index (χ2n) is 3.16. The van der Waals surface area contributed by atoms with Crippen molar-refractivity contribution in [2.45, 2.75) is 5.16 Å². The molecule has 0 unspecified atom stereocenters. The van der Waals surface area contributed by atoms with E-state index in [1.807, 2.05) is 0 Å². The third-order valence-electron chi connectivity index (χ3n) is 1.98. The standard InChI is InChI=1S/C9H7N3O4S.Na/c13-8(14)4-17-9-10-6-2-1-5(12(15)16)3-7(6)11-9;/h1-3H,4H2,(H,10,11)(H,13,14);/q;+1/p-1. The smallest absolute Gasteiger partial charge is 0.549 e. The molecular weight excluding hydrogens is 269 g/mol. The molecule has 1 N–H and O–H groups in total. The summed E-state index contributed by atoms with van der Waals surface area (Å²) in [6.07, 6.45) is 0. The van der Waals surface area contributed by atoms with Crippen molar-refractivity contribution in [3.8, 4) is 0 Å². The average Bonchev–Trinajstić information content (AvgIpc) is 2.67. The van der Waals surface area contributed by atoms with Crippen LogP contribution in [0, 0.1) is 10.1 Å². The largest absolute Gasteiger partial charge is 1.00 e. The molecule has 0 aliphatic heterocycles. The minimum absolute atomic E-state index is 0. The quantitative estimate of drug-likeness (QED) is 0.281. The van der Waals surface area contributed by atoms with E-state index in [4.69, 9.17) is 0 Å². The van der Waals surface area contributed by atoms with Gasteiger partial charge in [0.05, 0.1) is 21.9 Å². The predicted molar refractivity (Wildman–Crippen MR) is 58.5 cm³/mol. The maximum Gasteiger partial charge on any atom is 1.00 e. The minimum Gasteiger partial charge on any atom is -0.549 e. The van der Waals surface area contributed by atoms with Crippen LogP contribution in [0.3, 0.4) is 0 Å². The Hall–Kier alpha value is -1.09. The van der Waals surface area contributed by atoms with E-state index in [0.29, 0.717) is 16.2 Å². The Morgan fingerprint density at radius 1 is 1.50 bits per heavy atom. The van der Waals surface area contributed by atoms with E-state index in [9.17, 15) is 20.0 Å². The molecule has 0 saturated heterocycles. The molecule has 1 aromatic heterocycles. The summed E-state index contributed by atoms with van der Waals surface area (Å²) in [6.45, 7) is 0. The van der Waals surface area contributed by atoms with E-state index >= 15 is 0 Å². The molecular formula is C9H6N3NaO4S. The van der Waals surface area contributed by atoms with Crippen molar-refractivity contribution < 1.29 is 44.4 Å². The molecule has 0 bridgehead atoms. The number of carboxylic acid groups (broad SMARTS) is 1. The molecule has 0 radical (unpaired) electrons. The number of nitro groups is 1. The summed E-state index contributed by atoms with van der Waals surface area (Å²) in [5, 5.41) is 21.2. The number of aromatic nitrogens is 2. The number of aliphatic carboxylic acids is 1. The first kappa shape index (κ1) is 15.0. The van der Waals surface area contributed by atoms with Crippen LogP contribution in [0.25, 0.3) is 11.0 Å². The van der Waals surface area contributed by atoms with Crippen LogP contribution < -0.4 is 34.7 Å². The number of aromatic amines is 1. The Morgan fingerprint density at radius 2 is 2.22 bits per heavy atom. The summed E-state index contributed by atoms with van der Waals surface area (Å²) in [5.74, 6) is -1.41. The molecule has 0 spiro atoms. The van der Waals surface area contributed by atoms with Gasteiger partial charge in [0.25, 0.3) is 5.69 Å². The molecule has 0 saturated carbocycles. The van der Waals surface area contributed by atoms with Gasteiger partial charge in [-0.1, -0.05) is 11.8 Å². The number of nitrogens with one attached hydrogen (secondary N) is 1. The second kappa shape index (κ2) is 6.19. The second-order valence-corrected chi connectivity index (χ2v) is 4.13. The van der Waals surface area contributed by atoms with Crippen LogP contribution in [-0.2, 0) is 4.79 Å². The SMILES string of the molecule is O=C([O-])CSc1nc2ccc([N+](=O)[O-])cc2[nH]1.[Na+]. The summed E-state index contributed by atoms with van der Waals surface area (Å²) in [5.41, 5.74) is 1.01. The number of nitro benzene ring substituents is 1. The van der Waals surface area contributed by atoms with Gasteiger partial charge in [-0.3, -0.25) is 10.1 Å². The van der Waals surface area contributed by atoms with Crippen LogP contribution in [0.4, 0.5) is 5.69 Å². The zero-order chi connectivity index (χ0) is 12.4. The van der Waals surface area contributed by atoms with Crippen molar-refractivity contribution in [1.82, 2.24) is 9.97 Å². The van der Waals surface area contributed by atoms with Crippen molar-refractivity contribution in [3.05, 3.63) is 28.3 Å². The number of non-ortho nitro benzene ring substituents is 1. The van der Waals surface area contributed by atoms with Gasteiger partial charge in [-0.05, 0) is 6.07 Å². The Morgan fingerprint density at radius 3 is 2.83 bits per heavy atom.